The molecule has 0 saturated carbocycles. The summed E-state index contributed by atoms with van der Waals surface area (Å²) in [4.78, 5) is 12.3. The Bertz CT molecular complexity index is 1050. The molecule has 2 aromatic rings. The SMILES string of the molecule is CC(NC(=O)CCNS(=O)(=O)c1ccc2c(c1)CCCC2)c1cccc(C(F)(F)F)c1. The van der Waals surface area contributed by atoms with Gasteiger partial charge in [0.15, 0.2) is 0 Å². The maximum atomic E-state index is 12.9. The van der Waals surface area contributed by atoms with E-state index in [0.717, 1.165) is 43.4 Å². The van der Waals surface area contributed by atoms with Crippen molar-refractivity contribution >= 4 is 15.9 Å². The van der Waals surface area contributed by atoms with Gasteiger partial charge in [-0.2, -0.15) is 13.2 Å². The first-order valence-corrected chi connectivity index (χ1v) is 11.6. The molecule has 0 spiro atoms. The molecular formula is C22H25F3N2O3S. The highest BCUT2D eigenvalue weighted by molar-refractivity contribution is 7.89. The van der Waals surface area contributed by atoms with Gasteiger partial charge in [-0.05, 0) is 73.6 Å². The van der Waals surface area contributed by atoms with Gasteiger partial charge in [-0.3, -0.25) is 4.79 Å². The Morgan fingerprint density at radius 1 is 1.06 bits per heavy atom. The van der Waals surface area contributed by atoms with E-state index in [9.17, 15) is 26.4 Å². The van der Waals surface area contributed by atoms with Crippen molar-refractivity contribution in [1.29, 1.82) is 0 Å². The van der Waals surface area contributed by atoms with E-state index >= 15 is 0 Å². The minimum absolute atomic E-state index is 0.111. The molecule has 2 N–H and O–H groups in total. The Kier molecular flexibility index (Phi) is 7.06. The smallest absolute Gasteiger partial charge is 0.350 e. The Balaban J connectivity index is 1.54. The number of alkyl halides is 3. The summed E-state index contributed by atoms with van der Waals surface area (Å²) >= 11 is 0. The first-order chi connectivity index (χ1) is 14.6. The van der Waals surface area contributed by atoms with Gasteiger partial charge < -0.3 is 5.32 Å². The van der Waals surface area contributed by atoms with Crippen LogP contribution < -0.4 is 10.0 Å². The zero-order chi connectivity index (χ0) is 22.6. The molecule has 0 fully saturated rings. The lowest BCUT2D eigenvalue weighted by molar-refractivity contribution is -0.137. The van der Waals surface area contributed by atoms with Crippen molar-refractivity contribution in [2.24, 2.45) is 0 Å². The van der Waals surface area contributed by atoms with Gasteiger partial charge in [0.05, 0.1) is 16.5 Å². The second-order valence-corrected chi connectivity index (χ2v) is 9.46. The van der Waals surface area contributed by atoms with Crippen LogP contribution in [0.5, 0.6) is 0 Å². The fourth-order valence-electron chi connectivity index (χ4n) is 3.64. The number of rotatable bonds is 7. The number of benzene rings is 2. The van der Waals surface area contributed by atoms with Crippen LogP contribution in [0.15, 0.2) is 47.4 Å². The molecule has 0 aromatic heterocycles. The molecule has 1 aliphatic carbocycles. The molecule has 0 heterocycles. The van der Waals surface area contributed by atoms with Crippen molar-refractivity contribution in [3.8, 4) is 0 Å². The molecule has 1 aliphatic rings. The minimum Gasteiger partial charge on any atom is -0.350 e. The van der Waals surface area contributed by atoms with Crippen molar-refractivity contribution in [2.45, 2.75) is 56.1 Å². The molecule has 0 aliphatic heterocycles. The average molecular weight is 455 g/mol. The first-order valence-electron chi connectivity index (χ1n) is 10.1. The second-order valence-electron chi connectivity index (χ2n) is 7.70. The van der Waals surface area contributed by atoms with Crippen LogP contribution >= 0.6 is 0 Å². The summed E-state index contributed by atoms with van der Waals surface area (Å²) in [5, 5.41) is 2.60. The number of hydrogen-bond donors (Lipinski definition) is 2. The number of hydrogen-bond acceptors (Lipinski definition) is 3. The van der Waals surface area contributed by atoms with Crippen molar-refractivity contribution in [1.82, 2.24) is 10.0 Å². The van der Waals surface area contributed by atoms with Crippen LogP contribution in [0.25, 0.3) is 0 Å². The molecule has 1 atom stereocenters. The predicted octanol–water partition coefficient (Wildman–Crippen LogP) is 4.13. The van der Waals surface area contributed by atoms with Crippen molar-refractivity contribution in [3.05, 3.63) is 64.7 Å². The summed E-state index contributed by atoms with van der Waals surface area (Å²) in [7, 11) is -3.75. The number of carbonyl (C=O) groups excluding carboxylic acids is 1. The maximum Gasteiger partial charge on any atom is 0.416 e. The van der Waals surface area contributed by atoms with E-state index in [2.05, 4.69) is 10.0 Å². The molecule has 9 heteroatoms. The Hall–Kier alpha value is -2.39. The standard InChI is InChI=1S/C22H25F3N2O3S/c1-15(17-7-4-8-19(13-17)22(23,24)25)27-21(28)11-12-26-31(29,30)20-10-9-16-5-2-3-6-18(16)14-20/h4,7-10,13-15,26H,2-3,5-6,11-12H2,1H3,(H,27,28). The monoisotopic (exact) mass is 454 g/mol. The van der Waals surface area contributed by atoms with Crippen LogP contribution in [0.2, 0.25) is 0 Å². The zero-order valence-corrected chi connectivity index (χ0v) is 17.9. The number of halogens is 3. The Morgan fingerprint density at radius 2 is 1.77 bits per heavy atom. The highest BCUT2D eigenvalue weighted by Gasteiger charge is 2.30. The fraction of sp³-hybridized carbons (Fsp3) is 0.409. The van der Waals surface area contributed by atoms with Crippen LogP contribution in [-0.2, 0) is 33.8 Å². The van der Waals surface area contributed by atoms with Crippen molar-refractivity contribution in [2.75, 3.05) is 6.54 Å². The Labute approximate surface area is 180 Å². The van der Waals surface area contributed by atoms with E-state index in [0.29, 0.717) is 5.56 Å². The predicted molar refractivity (Wildman–Crippen MR) is 111 cm³/mol. The number of nitrogens with one attached hydrogen (secondary N) is 2. The van der Waals surface area contributed by atoms with Gasteiger partial charge in [0.1, 0.15) is 0 Å². The summed E-state index contributed by atoms with van der Waals surface area (Å²) in [6, 6.07) is 9.19. The number of fused-ring (bicyclic) bond motifs is 1. The molecule has 2 aromatic carbocycles. The molecule has 168 valence electrons. The Morgan fingerprint density at radius 3 is 2.48 bits per heavy atom. The maximum absolute atomic E-state index is 12.9. The van der Waals surface area contributed by atoms with E-state index in [1.807, 2.05) is 6.07 Å². The van der Waals surface area contributed by atoms with E-state index in [-0.39, 0.29) is 17.9 Å². The highest BCUT2D eigenvalue weighted by atomic mass is 32.2. The third-order valence-electron chi connectivity index (χ3n) is 5.37. The first kappa shape index (κ1) is 23.3. The van der Waals surface area contributed by atoms with Crippen LogP contribution in [0, 0.1) is 0 Å². The molecule has 0 saturated heterocycles. The van der Waals surface area contributed by atoms with Gasteiger partial charge in [0, 0.05) is 13.0 Å². The van der Waals surface area contributed by atoms with Crippen LogP contribution in [0.3, 0.4) is 0 Å². The molecule has 0 bridgehead atoms. The van der Waals surface area contributed by atoms with Crippen LogP contribution in [0.1, 0.15) is 54.5 Å². The fourth-order valence-corrected chi connectivity index (χ4v) is 4.72. The van der Waals surface area contributed by atoms with E-state index in [1.54, 1.807) is 19.1 Å². The number of aryl methyl sites for hydroxylation is 2. The van der Waals surface area contributed by atoms with Crippen LogP contribution in [0.4, 0.5) is 13.2 Å². The normalized spacial score (nSPS) is 15.2. The number of sulfonamides is 1. The minimum atomic E-state index is -4.46. The number of carbonyl (C=O) groups is 1. The highest BCUT2D eigenvalue weighted by Crippen LogP contribution is 2.30. The molecular weight excluding hydrogens is 429 g/mol. The van der Waals surface area contributed by atoms with Gasteiger partial charge in [-0.15, -0.1) is 0 Å². The molecule has 5 nitrogen and oxygen atoms in total. The largest absolute Gasteiger partial charge is 0.416 e. The summed E-state index contributed by atoms with van der Waals surface area (Å²) in [6.45, 7) is 1.46. The van der Waals surface area contributed by atoms with E-state index in [1.165, 1.54) is 17.7 Å². The molecule has 3 rings (SSSR count). The van der Waals surface area contributed by atoms with Crippen molar-refractivity contribution in [3.63, 3.8) is 0 Å². The topological polar surface area (TPSA) is 75.3 Å². The molecule has 0 radical (unpaired) electrons. The number of amides is 1. The van der Waals surface area contributed by atoms with Gasteiger partial charge in [0.2, 0.25) is 15.9 Å². The summed E-state index contributed by atoms with van der Waals surface area (Å²) < 4.78 is 66.0. The average Bonchev–Trinajstić information content (AvgIpc) is 2.72. The third-order valence-corrected chi connectivity index (χ3v) is 6.82. The van der Waals surface area contributed by atoms with E-state index < -0.39 is 33.7 Å². The van der Waals surface area contributed by atoms with E-state index in [4.69, 9.17) is 0 Å². The lowest BCUT2D eigenvalue weighted by Gasteiger charge is -2.17. The zero-order valence-electron chi connectivity index (χ0n) is 17.1. The third kappa shape index (κ3) is 6.07. The summed E-state index contributed by atoms with van der Waals surface area (Å²) in [6.07, 6.45) is -0.649. The molecule has 31 heavy (non-hydrogen) atoms. The van der Waals surface area contributed by atoms with Gasteiger partial charge in [0.25, 0.3) is 0 Å². The molecule has 1 unspecified atom stereocenters. The molecule has 1 amide bonds. The summed E-state index contributed by atoms with van der Waals surface area (Å²) in [5.74, 6) is -0.460. The van der Waals surface area contributed by atoms with Gasteiger partial charge >= 0.3 is 6.18 Å². The lowest BCUT2D eigenvalue weighted by Crippen LogP contribution is -2.32. The van der Waals surface area contributed by atoms with Crippen molar-refractivity contribution < 1.29 is 26.4 Å². The lowest BCUT2D eigenvalue weighted by atomic mass is 9.92. The summed E-state index contributed by atoms with van der Waals surface area (Å²) in [5.41, 5.74) is 1.75. The second kappa shape index (κ2) is 9.40. The van der Waals surface area contributed by atoms with Gasteiger partial charge in [-0.1, -0.05) is 18.2 Å². The van der Waals surface area contributed by atoms with Crippen LogP contribution in [-0.4, -0.2) is 20.9 Å². The quantitative estimate of drug-likeness (QED) is 0.661. The van der Waals surface area contributed by atoms with Gasteiger partial charge in [-0.25, -0.2) is 13.1 Å².